The number of aromatic nitrogens is 1. The third kappa shape index (κ3) is 1.56. The maximum atomic E-state index is 5.37. The molecule has 0 bridgehead atoms. The highest BCUT2D eigenvalue weighted by atomic mass is 32.1. The maximum absolute atomic E-state index is 5.37. The fourth-order valence-corrected chi connectivity index (χ4v) is 1.48. The Kier molecular flexibility index (Phi) is 2.04. The molecule has 2 rings (SSSR count). The van der Waals surface area contributed by atoms with Crippen molar-refractivity contribution in [2.45, 2.75) is 19.1 Å². The number of aryl methyl sites for hydroxylation is 1. The second kappa shape index (κ2) is 3.07. The van der Waals surface area contributed by atoms with Crippen LogP contribution in [0.2, 0.25) is 0 Å². The van der Waals surface area contributed by atoms with Gasteiger partial charge in [-0.2, -0.15) is 12.6 Å². The van der Waals surface area contributed by atoms with Crippen LogP contribution in [0.1, 0.15) is 23.6 Å². The summed E-state index contributed by atoms with van der Waals surface area (Å²) in [5, 5.41) is 0.237. The zero-order chi connectivity index (χ0) is 9.42. The monoisotopic (exact) mass is 193 g/mol. The highest BCUT2D eigenvalue weighted by Crippen LogP contribution is 2.23. The Hall–Kier alpha value is -0.960. The molecule has 1 aromatic carbocycles. The molecule has 68 valence electrons. The number of benzene rings is 1. The van der Waals surface area contributed by atoms with Gasteiger partial charge in [0.2, 0.25) is 0 Å². The molecule has 0 radical (unpaired) electrons. The van der Waals surface area contributed by atoms with E-state index in [1.807, 2.05) is 32.0 Å². The second-order valence-corrected chi connectivity index (χ2v) is 3.91. The first kappa shape index (κ1) is 8.63. The van der Waals surface area contributed by atoms with E-state index < -0.39 is 0 Å². The van der Waals surface area contributed by atoms with E-state index in [-0.39, 0.29) is 5.25 Å². The molecule has 13 heavy (non-hydrogen) atoms. The molecule has 3 heteroatoms. The van der Waals surface area contributed by atoms with E-state index in [1.54, 1.807) is 0 Å². The van der Waals surface area contributed by atoms with Gasteiger partial charge in [0, 0.05) is 12.2 Å². The Balaban J connectivity index is 2.61. The van der Waals surface area contributed by atoms with E-state index in [0.717, 1.165) is 11.1 Å². The fraction of sp³-hybridized carbons (Fsp3) is 0.300. The lowest BCUT2D eigenvalue weighted by atomic mass is 10.1. The van der Waals surface area contributed by atoms with Crippen LogP contribution in [0.25, 0.3) is 11.1 Å². The van der Waals surface area contributed by atoms with Gasteiger partial charge in [0.05, 0.1) is 0 Å². The van der Waals surface area contributed by atoms with Crippen LogP contribution in [-0.2, 0) is 0 Å². The van der Waals surface area contributed by atoms with E-state index in [0.29, 0.717) is 5.89 Å². The van der Waals surface area contributed by atoms with Crippen LogP contribution in [0.5, 0.6) is 0 Å². The fourth-order valence-electron chi connectivity index (χ4n) is 1.32. The van der Waals surface area contributed by atoms with Crippen molar-refractivity contribution < 1.29 is 4.42 Å². The molecule has 1 atom stereocenters. The Morgan fingerprint density at radius 2 is 2.23 bits per heavy atom. The van der Waals surface area contributed by atoms with E-state index in [4.69, 9.17) is 4.42 Å². The van der Waals surface area contributed by atoms with Crippen LogP contribution < -0.4 is 0 Å². The SMILES string of the molecule is Cc1nc2cc(C(C)S)ccc2o1. The molecular formula is C10H11NOS. The number of nitrogens with zero attached hydrogens (tertiary/aromatic N) is 1. The van der Waals surface area contributed by atoms with Crippen LogP contribution >= 0.6 is 12.6 Å². The zero-order valence-electron chi connectivity index (χ0n) is 7.61. The molecule has 0 amide bonds. The number of hydrogen-bond acceptors (Lipinski definition) is 3. The summed E-state index contributed by atoms with van der Waals surface area (Å²) >= 11 is 4.36. The Labute approximate surface area is 82.4 Å². The average molecular weight is 193 g/mol. The first-order chi connectivity index (χ1) is 6.16. The molecule has 0 fully saturated rings. The second-order valence-electron chi connectivity index (χ2n) is 3.14. The van der Waals surface area contributed by atoms with Gasteiger partial charge in [-0.15, -0.1) is 0 Å². The highest BCUT2D eigenvalue weighted by molar-refractivity contribution is 7.80. The van der Waals surface area contributed by atoms with Gasteiger partial charge in [-0.05, 0) is 24.6 Å². The van der Waals surface area contributed by atoms with E-state index in [1.165, 1.54) is 5.56 Å². The Bertz CT molecular complexity index is 433. The van der Waals surface area contributed by atoms with Crippen LogP contribution in [0.4, 0.5) is 0 Å². The summed E-state index contributed by atoms with van der Waals surface area (Å²) in [6.07, 6.45) is 0. The van der Waals surface area contributed by atoms with Gasteiger partial charge < -0.3 is 4.42 Å². The minimum atomic E-state index is 0.237. The first-order valence-corrected chi connectivity index (χ1v) is 4.73. The Morgan fingerprint density at radius 3 is 2.92 bits per heavy atom. The lowest BCUT2D eigenvalue weighted by molar-refractivity contribution is 0.561. The lowest BCUT2D eigenvalue weighted by Crippen LogP contribution is -1.82. The summed E-state index contributed by atoms with van der Waals surface area (Å²) in [5.41, 5.74) is 2.93. The number of fused-ring (bicyclic) bond motifs is 1. The van der Waals surface area contributed by atoms with Crippen molar-refractivity contribution in [3.05, 3.63) is 29.7 Å². The van der Waals surface area contributed by atoms with E-state index in [9.17, 15) is 0 Å². The molecule has 0 saturated carbocycles. The molecular weight excluding hydrogens is 182 g/mol. The molecule has 0 spiro atoms. The highest BCUT2D eigenvalue weighted by Gasteiger charge is 2.05. The molecule has 0 N–H and O–H groups in total. The third-order valence-electron chi connectivity index (χ3n) is 2.00. The molecule has 1 heterocycles. The lowest BCUT2D eigenvalue weighted by Gasteiger charge is -2.01. The number of thiol groups is 1. The van der Waals surface area contributed by atoms with Gasteiger partial charge in [0.15, 0.2) is 11.5 Å². The number of rotatable bonds is 1. The van der Waals surface area contributed by atoms with Crippen molar-refractivity contribution in [3.63, 3.8) is 0 Å². The standard InChI is InChI=1S/C10H11NOS/c1-6(13)8-3-4-10-9(5-8)11-7(2)12-10/h3-6,13H,1-2H3. The largest absolute Gasteiger partial charge is 0.441 e. The van der Waals surface area contributed by atoms with Gasteiger partial charge in [0.1, 0.15) is 5.52 Å². The van der Waals surface area contributed by atoms with Crippen molar-refractivity contribution in [3.8, 4) is 0 Å². The topological polar surface area (TPSA) is 26.0 Å². The molecule has 0 aliphatic carbocycles. The summed E-state index contributed by atoms with van der Waals surface area (Å²) in [6, 6.07) is 5.98. The summed E-state index contributed by atoms with van der Waals surface area (Å²) in [7, 11) is 0. The van der Waals surface area contributed by atoms with Crippen LogP contribution in [0.3, 0.4) is 0 Å². The molecule has 2 aromatic rings. The Morgan fingerprint density at radius 1 is 1.46 bits per heavy atom. The van der Waals surface area contributed by atoms with Crippen molar-refractivity contribution in [1.29, 1.82) is 0 Å². The van der Waals surface area contributed by atoms with Gasteiger partial charge in [-0.3, -0.25) is 0 Å². The normalized spacial score (nSPS) is 13.5. The summed E-state index contributed by atoms with van der Waals surface area (Å²) in [5.74, 6) is 0.707. The van der Waals surface area contributed by atoms with Crippen LogP contribution in [0, 0.1) is 6.92 Å². The molecule has 0 aliphatic rings. The van der Waals surface area contributed by atoms with Crippen LogP contribution in [-0.4, -0.2) is 4.98 Å². The molecule has 2 nitrogen and oxygen atoms in total. The molecule has 1 aromatic heterocycles. The van der Waals surface area contributed by atoms with Crippen molar-refractivity contribution >= 4 is 23.7 Å². The molecule has 0 aliphatic heterocycles. The summed E-state index contributed by atoms with van der Waals surface area (Å²) < 4.78 is 5.37. The average Bonchev–Trinajstić information content (AvgIpc) is 2.42. The van der Waals surface area contributed by atoms with E-state index >= 15 is 0 Å². The predicted molar refractivity (Wildman–Crippen MR) is 56.1 cm³/mol. The smallest absolute Gasteiger partial charge is 0.192 e. The van der Waals surface area contributed by atoms with Gasteiger partial charge in [-0.1, -0.05) is 6.07 Å². The van der Waals surface area contributed by atoms with Gasteiger partial charge in [0.25, 0.3) is 0 Å². The predicted octanol–water partition coefficient (Wildman–Crippen LogP) is 3.13. The third-order valence-corrected chi connectivity index (χ3v) is 2.30. The van der Waals surface area contributed by atoms with Gasteiger partial charge >= 0.3 is 0 Å². The summed E-state index contributed by atoms with van der Waals surface area (Å²) in [6.45, 7) is 3.89. The van der Waals surface area contributed by atoms with Crippen molar-refractivity contribution in [1.82, 2.24) is 4.98 Å². The maximum Gasteiger partial charge on any atom is 0.192 e. The van der Waals surface area contributed by atoms with Crippen molar-refractivity contribution in [2.24, 2.45) is 0 Å². The minimum Gasteiger partial charge on any atom is -0.441 e. The molecule has 0 saturated heterocycles. The first-order valence-electron chi connectivity index (χ1n) is 4.22. The summed E-state index contributed by atoms with van der Waals surface area (Å²) in [4.78, 5) is 4.26. The van der Waals surface area contributed by atoms with E-state index in [2.05, 4.69) is 17.6 Å². The van der Waals surface area contributed by atoms with Crippen molar-refractivity contribution in [2.75, 3.05) is 0 Å². The van der Waals surface area contributed by atoms with Crippen LogP contribution in [0.15, 0.2) is 22.6 Å². The minimum absolute atomic E-state index is 0.237. The van der Waals surface area contributed by atoms with Gasteiger partial charge in [-0.25, -0.2) is 4.98 Å². The zero-order valence-corrected chi connectivity index (χ0v) is 8.51. The number of oxazole rings is 1. The molecule has 1 unspecified atom stereocenters. The number of hydrogen-bond donors (Lipinski definition) is 1. The quantitative estimate of drug-likeness (QED) is 0.704.